The number of rotatable bonds is 2. The second-order valence-electron chi connectivity index (χ2n) is 3.62. The number of thiazole rings is 1. The van der Waals surface area contributed by atoms with Crippen LogP contribution in [-0.4, -0.2) is 14.3 Å². The minimum Gasteiger partial charge on any atom is -0.290 e. The molecule has 18 heavy (non-hydrogen) atoms. The summed E-state index contributed by atoms with van der Waals surface area (Å²) in [6, 6.07) is 3.86. The van der Waals surface area contributed by atoms with Gasteiger partial charge < -0.3 is 0 Å². The van der Waals surface area contributed by atoms with Crippen LogP contribution in [0.4, 0.5) is 10.1 Å². The van der Waals surface area contributed by atoms with Crippen molar-refractivity contribution in [3.8, 4) is 11.3 Å². The molecule has 0 bridgehead atoms. The molecule has 5 nitrogen and oxygen atoms in total. The molecule has 0 fully saturated rings. The summed E-state index contributed by atoms with van der Waals surface area (Å²) < 4.78 is 15.1. The highest BCUT2D eigenvalue weighted by atomic mass is 32.1. The Labute approximate surface area is 104 Å². The molecule has 0 unspecified atom stereocenters. The van der Waals surface area contributed by atoms with Crippen LogP contribution in [0.5, 0.6) is 0 Å². The summed E-state index contributed by atoms with van der Waals surface area (Å²) in [5.41, 5.74) is 0.829. The Morgan fingerprint density at radius 1 is 1.44 bits per heavy atom. The van der Waals surface area contributed by atoms with Crippen molar-refractivity contribution in [2.24, 2.45) is 0 Å². The van der Waals surface area contributed by atoms with Gasteiger partial charge in [-0.1, -0.05) is 0 Å². The van der Waals surface area contributed by atoms with Crippen molar-refractivity contribution in [1.29, 1.82) is 0 Å². The first-order chi connectivity index (χ1) is 8.66. The standard InChI is InChI=1S/C11H6FN3O2S/c12-8-2-1-7(5-9(8)15(16)17)10-6-18-11-13-3-4-14(10)11/h1-6H. The predicted molar refractivity (Wildman–Crippen MR) is 65.1 cm³/mol. The van der Waals surface area contributed by atoms with Crippen LogP contribution < -0.4 is 0 Å². The molecule has 0 spiro atoms. The topological polar surface area (TPSA) is 60.4 Å². The van der Waals surface area contributed by atoms with Crippen LogP contribution in [0.15, 0.2) is 36.0 Å². The Morgan fingerprint density at radius 3 is 3.06 bits per heavy atom. The van der Waals surface area contributed by atoms with E-state index in [0.717, 1.165) is 16.7 Å². The minimum absolute atomic E-state index is 0.521. The van der Waals surface area contributed by atoms with E-state index in [0.29, 0.717) is 5.56 Å². The molecule has 3 rings (SSSR count). The molecule has 0 aliphatic heterocycles. The van der Waals surface area contributed by atoms with Gasteiger partial charge in [-0.15, -0.1) is 11.3 Å². The van der Waals surface area contributed by atoms with Gasteiger partial charge in [0.15, 0.2) is 4.96 Å². The molecular formula is C11H6FN3O2S. The van der Waals surface area contributed by atoms with Gasteiger partial charge in [-0.05, 0) is 12.1 Å². The average molecular weight is 263 g/mol. The first-order valence-electron chi connectivity index (χ1n) is 5.01. The van der Waals surface area contributed by atoms with E-state index >= 15 is 0 Å². The summed E-state index contributed by atoms with van der Waals surface area (Å²) in [4.78, 5) is 14.9. The first-order valence-corrected chi connectivity index (χ1v) is 5.89. The van der Waals surface area contributed by atoms with Crippen LogP contribution in [0.2, 0.25) is 0 Å². The van der Waals surface area contributed by atoms with Crippen LogP contribution in [0, 0.1) is 15.9 Å². The van der Waals surface area contributed by atoms with E-state index in [2.05, 4.69) is 4.98 Å². The third-order valence-corrected chi connectivity index (χ3v) is 3.43. The number of nitrogens with zero attached hydrogens (tertiary/aromatic N) is 3. The van der Waals surface area contributed by atoms with Crippen LogP contribution in [0.3, 0.4) is 0 Å². The van der Waals surface area contributed by atoms with Gasteiger partial charge in [-0.2, -0.15) is 4.39 Å². The molecule has 0 radical (unpaired) electrons. The molecular weight excluding hydrogens is 257 g/mol. The fourth-order valence-electron chi connectivity index (χ4n) is 1.74. The Hall–Kier alpha value is -2.28. The molecule has 0 aliphatic carbocycles. The van der Waals surface area contributed by atoms with Crippen molar-refractivity contribution in [2.75, 3.05) is 0 Å². The number of halogens is 1. The summed E-state index contributed by atoms with van der Waals surface area (Å²) in [5.74, 6) is -0.833. The van der Waals surface area contributed by atoms with E-state index in [1.54, 1.807) is 12.4 Å². The number of fused-ring (bicyclic) bond motifs is 1. The second kappa shape index (κ2) is 3.88. The molecule has 0 aliphatic rings. The number of imidazole rings is 1. The summed E-state index contributed by atoms with van der Waals surface area (Å²) in [5, 5.41) is 12.5. The zero-order chi connectivity index (χ0) is 12.7. The van der Waals surface area contributed by atoms with E-state index in [1.807, 2.05) is 9.78 Å². The lowest BCUT2D eigenvalue weighted by atomic mass is 10.1. The van der Waals surface area contributed by atoms with Gasteiger partial charge in [0.05, 0.1) is 10.6 Å². The first kappa shape index (κ1) is 10.8. The largest absolute Gasteiger partial charge is 0.305 e. The number of hydrogen-bond acceptors (Lipinski definition) is 4. The van der Waals surface area contributed by atoms with Gasteiger partial charge in [-0.25, -0.2) is 4.98 Å². The van der Waals surface area contributed by atoms with Crippen LogP contribution in [0.1, 0.15) is 0 Å². The molecule has 2 aromatic heterocycles. The van der Waals surface area contributed by atoms with Gasteiger partial charge in [0.2, 0.25) is 5.82 Å². The molecule has 3 aromatic rings. The normalized spacial score (nSPS) is 10.9. The lowest BCUT2D eigenvalue weighted by molar-refractivity contribution is -0.387. The van der Waals surface area contributed by atoms with Gasteiger partial charge in [0.1, 0.15) is 0 Å². The van der Waals surface area contributed by atoms with Crippen LogP contribution >= 0.6 is 11.3 Å². The fraction of sp³-hybridized carbons (Fsp3) is 0. The third kappa shape index (κ3) is 1.56. The molecule has 0 amide bonds. The quantitative estimate of drug-likeness (QED) is 0.527. The van der Waals surface area contributed by atoms with Crippen molar-refractivity contribution in [2.45, 2.75) is 0 Å². The Kier molecular flexibility index (Phi) is 2.34. The smallest absolute Gasteiger partial charge is 0.290 e. The number of nitro groups is 1. The highest BCUT2D eigenvalue weighted by Crippen LogP contribution is 2.29. The van der Waals surface area contributed by atoms with Gasteiger partial charge >= 0.3 is 5.69 Å². The van der Waals surface area contributed by atoms with Crippen molar-refractivity contribution in [3.05, 3.63) is 51.9 Å². The monoisotopic (exact) mass is 263 g/mol. The predicted octanol–water partition coefficient (Wildman–Crippen LogP) is 3.11. The van der Waals surface area contributed by atoms with Crippen LogP contribution in [0.25, 0.3) is 16.2 Å². The molecule has 0 N–H and O–H groups in total. The highest BCUT2D eigenvalue weighted by molar-refractivity contribution is 7.15. The molecule has 2 heterocycles. The molecule has 1 aromatic carbocycles. The maximum atomic E-state index is 13.3. The van der Waals surface area contributed by atoms with Crippen molar-refractivity contribution in [3.63, 3.8) is 0 Å². The van der Waals surface area contributed by atoms with Crippen molar-refractivity contribution >= 4 is 22.0 Å². The maximum absolute atomic E-state index is 13.3. The minimum atomic E-state index is -0.833. The zero-order valence-corrected chi connectivity index (χ0v) is 9.72. The van der Waals surface area contributed by atoms with Crippen molar-refractivity contribution < 1.29 is 9.31 Å². The Balaban J connectivity index is 2.21. The number of hydrogen-bond donors (Lipinski definition) is 0. The molecule has 0 saturated carbocycles. The number of aromatic nitrogens is 2. The molecule has 7 heteroatoms. The molecule has 90 valence electrons. The van der Waals surface area contributed by atoms with E-state index in [4.69, 9.17) is 0 Å². The third-order valence-electron chi connectivity index (χ3n) is 2.58. The molecule has 0 saturated heterocycles. The van der Waals surface area contributed by atoms with E-state index < -0.39 is 16.4 Å². The lowest BCUT2D eigenvalue weighted by Gasteiger charge is -2.00. The van der Waals surface area contributed by atoms with E-state index in [-0.39, 0.29) is 0 Å². The summed E-state index contributed by atoms with van der Waals surface area (Å²) in [6.45, 7) is 0. The van der Waals surface area contributed by atoms with Gasteiger partial charge in [0, 0.05) is 29.4 Å². The fourth-order valence-corrected chi connectivity index (χ4v) is 2.61. The maximum Gasteiger partial charge on any atom is 0.305 e. The zero-order valence-electron chi connectivity index (χ0n) is 8.91. The van der Waals surface area contributed by atoms with Gasteiger partial charge in [0.25, 0.3) is 0 Å². The average Bonchev–Trinajstić information content (AvgIpc) is 2.91. The number of benzene rings is 1. The summed E-state index contributed by atoms with van der Waals surface area (Å²) >= 11 is 1.42. The summed E-state index contributed by atoms with van der Waals surface area (Å²) in [6.07, 6.45) is 3.41. The van der Waals surface area contributed by atoms with Crippen molar-refractivity contribution in [1.82, 2.24) is 9.38 Å². The second-order valence-corrected chi connectivity index (χ2v) is 4.46. The SMILES string of the molecule is O=[N+]([O-])c1cc(-c2csc3nccn23)ccc1F. The lowest BCUT2D eigenvalue weighted by Crippen LogP contribution is -1.93. The van der Waals surface area contributed by atoms with Crippen LogP contribution in [-0.2, 0) is 0 Å². The highest BCUT2D eigenvalue weighted by Gasteiger charge is 2.16. The number of nitro benzene ring substituents is 1. The Bertz CT molecular complexity index is 750. The Morgan fingerprint density at radius 2 is 2.28 bits per heavy atom. The van der Waals surface area contributed by atoms with E-state index in [9.17, 15) is 14.5 Å². The molecule has 0 atom stereocenters. The van der Waals surface area contributed by atoms with Gasteiger partial charge in [-0.3, -0.25) is 14.5 Å². The van der Waals surface area contributed by atoms with E-state index in [1.165, 1.54) is 23.5 Å². The summed E-state index contributed by atoms with van der Waals surface area (Å²) in [7, 11) is 0.